The van der Waals surface area contributed by atoms with E-state index in [-0.39, 0.29) is 19.4 Å². The molecule has 0 bridgehead atoms. The number of rotatable bonds is 4. The first kappa shape index (κ1) is 12.4. The molecule has 6 heteroatoms. The van der Waals surface area contributed by atoms with Crippen molar-refractivity contribution in [2.75, 3.05) is 0 Å². The predicted molar refractivity (Wildman–Crippen MR) is 57.4 cm³/mol. The van der Waals surface area contributed by atoms with E-state index in [9.17, 15) is 13.2 Å². The molecule has 0 amide bonds. The van der Waals surface area contributed by atoms with E-state index in [0.717, 1.165) is 17.7 Å². The summed E-state index contributed by atoms with van der Waals surface area (Å²) in [6.45, 7) is 2.18. The van der Waals surface area contributed by atoms with Gasteiger partial charge >= 0.3 is 6.18 Å². The Balaban J connectivity index is 2.03. The predicted octanol–water partition coefficient (Wildman–Crippen LogP) is 2.17. The maximum absolute atomic E-state index is 12.7. The quantitative estimate of drug-likeness (QED) is 0.883. The molecule has 0 atom stereocenters. The number of alkyl halides is 3. The summed E-state index contributed by atoms with van der Waals surface area (Å²) < 4.78 is 39.8. The molecule has 1 aliphatic carbocycles. The van der Waals surface area contributed by atoms with Crippen molar-refractivity contribution in [3.05, 3.63) is 17.5 Å². The van der Waals surface area contributed by atoms with Crippen LogP contribution in [0.2, 0.25) is 0 Å². The van der Waals surface area contributed by atoms with E-state index in [1.54, 1.807) is 17.9 Å². The second-order valence-corrected chi connectivity index (χ2v) is 4.56. The van der Waals surface area contributed by atoms with Gasteiger partial charge in [0.25, 0.3) is 0 Å². The molecule has 0 aromatic carbocycles. The smallest absolute Gasteiger partial charge is 0.299 e. The minimum absolute atomic E-state index is 0.179. The summed E-state index contributed by atoms with van der Waals surface area (Å²) in [4.78, 5) is 0. The monoisotopic (exact) mass is 247 g/mol. The van der Waals surface area contributed by atoms with Crippen LogP contribution in [0.4, 0.5) is 13.2 Å². The van der Waals surface area contributed by atoms with Crippen molar-refractivity contribution in [2.24, 2.45) is 7.05 Å². The third-order valence-electron chi connectivity index (χ3n) is 3.24. The molecule has 0 unspecified atom stereocenters. The van der Waals surface area contributed by atoms with Gasteiger partial charge in [-0.1, -0.05) is 6.92 Å². The van der Waals surface area contributed by atoms with E-state index in [1.165, 1.54) is 0 Å². The molecule has 0 saturated heterocycles. The maximum Gasteiger partial charge on any atom is 0.406 e. The lowest BCUT2D eigenvalue weighted by Gasteiger charge is -2.20. The van der Waals surface area contributed by atoms with Gasteiger partial charge in [0.05, 0.1) is 5.69 Å². The number of aryl methyl sites for hydroxylation is 2. The Morgan fingerprint density at radius 3 is 2.59 bits per heavy atom. The maximum atomic E-state index is 12.7. The van der Waals surface area contributed by atoms with Crippen LogP contribution in [0.1, 0.15) is 31.0 Å². The van der Waals surface area contributed by atoms with Gasteiger partial charge in [-0.15, -0.1) is 0 Å². The number of hydrogen-bond donors (Lipinski definition) is 1. The third kappa shape index (κ3) is 2.31. The van der Waals surface area contributed by atoms with E-state index >= 15 is 0 Å². The summed E-state index contributed by atoms with van der Waals surface area (Å²) in [6, 6.07) is 0. The molecule has 0 radical (unpaired) electrons. The van der Waals surface area contributed by atoms with Crippen molar-refractivity contribution in [3.63, 3.8) is 0 Å². The average molecular weight is 247 g/mol. The van der Waals surface area contributed by atoms with Gasteiger partial charge in [0, 0.05) is 25.4 Å². The number of aromatic nitrogens is 2. The molecular formula is C11H16F3N3. The molecule has 1 N–H and O–H groups in total. The summed E-state index contributed by atoms with van der Waals surface area (Å²) in [5.74, 6) is 0. The summed E-state index contributed by atoms with van der Waals surface area (Å²) in [5, 5.41) is 6.84. The highest BCUT2D eigenvalue weighted by molar-refractivity contribution is 5.19. The van der Waals surface area contributed by atoms with Gasteiger partial charge in [-0.2, -0.15) is 18.3 Å². The van der Waals surface area contributed by atoms with Crippen molar-refractivity contribution in [1.82, 2.24) is 15.1 Å². The molecule has 96 valence electrons. The first-order valence-corrected chi connectivity index (χ1v) is 5.71. The van der Waals surface area contributed by atoms with Gasteiger partial charge in [-0.05, 0) is 19.3 Å². The van der Waals surface area contributed by atoms with Crippen LogP contribution in [0.3, 0.4) is 0 Å². The Labute approximate surface area is 98.0 Å². The first-order valence-electron chi connectivity index (χ1n) is 5.71. The van der Waals surface area contributed by atoms with Gasteiger partial charge in [-0.3, -0.25) is 10.00 Å². The van der Waals surface area contributed by atoms with Crippen LogP contribution < -0.4 is 5.32 Å². The molecule has 1 aliphatic rings. The largest absolute Gasteiger partial charge is 0.406 e. The highest BCUT2D eigenvalue weighted by atomic mass is 19.4. The summed E-state index contributed by atoms with van der Waals surface area (Å²) >= 11 is 0. The van der Waals surface area contributed by atoms with E-state index < -0.39 is 11.7 Å². The fourth-order valence-corrected chi connectivity index (χ4v) is 1.98. The zero-order valence-electron chi connectivity index (χ0n) is 9.93. The van der Waals surface area contributed by atoms with Crippen molar-refractivity contribution in [3.8, 4) is 0 Å². The average Bonchev–Trinajstić information content (AvgIpc) is 2.94. The standard InChI is InChI=1S/C11H16F3N3/c1-3-9-8(7-17(2)16-9)6-15-10(4-5-10)11(12,13)14/h7,15H,3-6H2,1-2H3. The first-order chi connectivity index (χ1) is 7.88. The summed E-state index contributed by atoms with van der Waals surface area (Å²) in [6.07, 6.45) is -1.28. The fraction of sp³-hybridized carbons (Fsp3) is 0.727. The van der Waals surface area contributed by atoms with Gasteiger partial charge < -0.3 is 0 Å². The lowest BCUT2D eigenvalue weighted by Crippen LogP contribution is -2.44. The zero-order valence-corrected chi connectivity index (χ0v) is 9.93. The minimum atomic E-state index is -4.15. The molecule has 1 saturated carbocycles. The van der Waals surface area contributed by atoms with Crippen LogP contribution in [0.15, 0.2) is 6.20 Å². The molecule has 2 rings (SSSR count). The topological polar surface area (TPSA) is 29.9 Å². The molecule has 17 heavy (non-hydrogen) atoms. The van der Waals surface area contributed by atoms with E-state index in [4.69, 9.17) is 0 Å². The second-order valence-electron chi connectivity index (χ2n) is 4.56. The number of nitrogens with one attached hydrogen (secondary N) is 1. The molecule has 1 aromatic heterocycles. The number of hydrogen-bond acceptors (Lipinski definition) is 2. The van der Waals surface area contributed by atoms with Crippen molar-refractivity contribution < 1.29 is 13.2 Å². The molecule has 3 nitrogen and oxygen atoms in total. The number of halogens is 3. The Morgan fingerprint density at radius 1 is 1.47 bits per heavy atom. The highest BCUT2D eigenvalue weighted by Crippen LogP contribution is 2.49. The van der Waals surface area contributed by atoms with Crippen LogP contribution in [0.25, 0.3) is 0 Å². The van der Waals surface area contributed by atoms with Crippen LogP contribution in [-0.4, -0.2) is 21.5 Å². The van der Waals surface area contributed by atoms with Crippen LogP contribution in [-0.2, 0) is 20.0 Å². The Bertz CT molecular complexity index is 405. The van der Waals surface area contributed by atoms with Crippen LogP contribution in [0.5, 0.6) is 0 Å². The van der Waals surface area contributed by atoms with Crippen LogP contribution in [0, 0.1) is 0 Å². The fourth-order valence-electron chi connectivity index (χ4n) is 1.98. The van der Waals surface area contributed by atoms with E-state index in [1.807, 2.05) is 6.92 Å². The molecule has 1 fully saturated rings. The normalized spacial score (nSPS) is 18.4. The third-order valence-corrected chi connectivity index (χ3v) is 3.24. The van der Waals surface area contributed by atoms with Crippen molar-refractivity contribution in [2.45, 2.75) is 44.4 Å². The van der Waals surface area contributed by atoms with Gasteiger partial charge in [0.15, 0.2) is 0 Å². The van der Waals surface area contributed by atoms with Crippen LogP contribution >= 0.6 is 0 Å². The SMILES string of the molecule is CCc1nn(C)cc1CNC1(C(F)(F)F)CC1. The van der Waals surface area contributed by atoms with Gasteiger partial charge in [0.1, 0.15) is 5.54 Å². The van der Waals surface area contributed by atoms with Gasteiger partial charge in [-0.25, -0.2) is 0 Å². The molecule has 0 aliphatic heterocycles. The summed E-state index contributed by atoms with van der Waals surface area (Å²) in [5.41, 5.74) is 0.0666. The summed E-state index contributed by atoms with van der Waals surface area (Å²) in [7, 11) is 1.78. The molecular weight excluding hydrogens is 231 g/mol. The molecule has 0 spiro atoms. The molecule has 1 aromatic rings. The van der Waals surface area contributed by atoms with Crippen molar-refractivity contribution in [1.29, 1.82) is 0 Å². The second kappa shape index (κ2) is 4.01. The van der Waals surface area contributed by atoms with Crippen molar-refractivity contribution >= 4 is 0 Å². The Hall–Kier alpha value is -1.04. The number of nitrogens with zero attached hydrogens (tertiary/aromatic N) is 2. The van der Waals surface area contributed by atoms with E-state index in [2.05, 4.69) is 10.4 Å². The Kier molecular flexibility index (Phi) is 2.93. The Morgan fingerprint density at radius 2 is 2.12 bits per heavy atom. The van der Waals surface area contributed by atoms with Gasteiger partial charge in [0.2, 0.25) is 0 Å². The van der Waals surface area contributed by atoms with E-state index in [0.29, 0.717) is 0 Å². The minimum Gasteiger partial charge on any atom is -0.299 e. The lowest BCUT2D eigenvalue weighted by atomic mass is 10.2. The lowest BCUT2D eigenvalue weighted by molar-refractivity contribution is -0.166. The highest BCUT2D eigenvalue weighted by Gasteiger charge is 2.62. The zero-order chi connectivity index (χ0) is 12.7. The molecule has 1 heterocycles.